The Kier molecular flexibility index (Phi) is 5.37. The first-order chi connectivity index (χ1) is 8.10. The molecule has 6 heteroatoms. The van der Waals surface area contributed by atoms with Gasteiger partial charge in [-0.05, 0) is 28.4 Å². The molecular formula is C11H17BrN4O. The number of anilines is 1. The van der Waals surface area contributed by atoms with E-state index in [4.69, 9.17) is 5.84 Å². The Bertz CT molecular complexity index is 397. The molecule has 1 aromatic rings. The molecule has 0 aliphatic rings. The van der Waals surface area contributed by atoms with E-state index in [1.165, 1.54) is 0 Å². The number of carbonyl (C=O) groups is 1. The number of pyridine rings is 1. The molecule has 0 aliphatic carbocycles. The van der Waals surface area contributed by atoms with Gasteiger partial charge in [-0.1, -0.05) is 13.3 Å². The highest BCUT2D eigenvalue weighted by molar-refractivity contribution is 9.10. The number of nitrogens with two attached hydrogens (primary N) is 1. The molecule has 3 N–H and O–H groups in total. The Morgan fingerprint density at radius 3 is 2.94 bits per heavy atom. The van der Waals surface area contributed by atoms with Gasteiger partial charge in [0.05, 0.1) is 5.56 Å². The van der Waals surface area contributed by atoms with E-state index in [1.807, 2.05) is 0 Å². The monoisotopic (exact) mass is 300 g/mol. The molecule has 0 fully saturated rings. The number of carbonyl (C=O) groups excluding carboxylic acids is 1. The van der Waals surface area contributed by atoms with Gasteiger partial charge in [0, 0.05) is 24.3 Å². The molecule has 94 valence electrons. The predicted molar refractivity (Wildman–Crippen MR) is 71.6 cm³/mol. The van der Waals surface area contributed by atoms with Crippen LogP contribution in [0, 0.1) is 0 Å². The van der Waals surface area contributed by atoms with Gasteiger partial charge in [-0.2, -0.15) is 0 Å². The first kappa shape index (κ1) is 13.9. The van der Waals surface area contributed by atoms with Gasteiger partial charge in [-0.15, -0.1) is 0 Å². The molecule has 5 nitrogen and oxygen atoms in total. The lowest BCUT2D eigenvalue weighted by Gasteiger charge is -2.18. The average Bonchev–Trinajstić information content (AvgIpc) is 2.34. The van der Waals surface area contributed by atoms with Crippen LogP contribution in [0.25, 0.3) is 0 Å². The summed E-state index contributed by atoms with van der Waals surface area (Å²) >= 11 is 3.29. The van der Waals surface area contributed by atoms with Gasteiger partial charge in [0.25, 0.3) is 5.91 Å². The van der Waals surface area contributed by atoms with Gasteiger partial charge in [-0.3, -0.25) is 4.79 Å². The van der Waals surface area contributed by atoms with E-state index in [2.05, 4.69) is 33.3 Å². The van der Waals surface area contributed by atoms with Crippen molar-refractivity contribution in [2.24, 2.45) is 5.84 Å². The van der Waals surface area contributed by atoms with Crippen LogP contribution >= 0.6 is 15.9 Å². The summed E-state index contributed by atoms with van der Waals surface area (Å²) in [5, 5.41) is 0. The number of nitrogens with zero attached hydrogens (tertiary/aromatic N) is 2. The minimum Gasteiger partial charge on any atom is -0.342 e. The minimum absolute atomic E-state index is 0.0831. The summed E-state index contributed by atoms with van der Waals surface area (Å²) < 4.78 is 0.753. The van der Waals surface area contributed by atoms with E-state index in [9.17, 15) is 4.79 Å². The summed E-state index contributed by atoms with van der Waals surface area (Å²) in [5.74, 6) is 5.65. The van der Waals surface area contributed by atoms with Crippen LogP contribution in [0.4, 0.5) is 5.82 Å². The second kappa shape index (κ2) is 6.56. The highest BCUT2D eigenvalue weighted by Gasteiger charge is 2.16. The van der Waals surface area contributed by atoms with E-state index in [0.29, 0.717) is 11.4 Å². The van der Waals surface area contributed by atoms with E-state index < -0.39 is 0 Å². The molecule has 1 rings (SSSR count). The predicted octanol–water partition coefficient (Wildman–Crippen LogP) is 2.00. The standard InChI is InChI=1S/C11H17BrN4O/c1-3-4-5-16(2)11(17)9-6-8(12)7-14-10(9)15-13/h6-7H,3-5,13H2,1-2H3,(H,14,15). The van der Waals surface area contributed by atoms with Crippen molar-refractivity contribution in [1.82, 2.24) is 9.88 Å². The summed E-state index contributed by atoms with van der Waals surface area (Å²) in [4.78, 5) is 17.9. The van der Waals surface area contributed by atoms with Gasteiger partial charge in [0.2, 0.25) is 0 Å². The zero-order valence-electron chi connectivity index (χ0n) is 10.0. The third-order valence-electron chi connectivity index (χ3n) is 2.42. The maximum Gasteiger partial charge on any atom is 0.257 e. The van der Waals surface area contributed by atoms with Crippen LogP contribution in [-0.4, -0.2) is 29.4 Å². The number of unbranched alkanes of at least 4 members (excludes halogenated alkanes) is 1. The molecule has 0 saturated carbocycles. The number of nitrogens with one attached hydrogen (secondary N) is 1. The number of nitrogen functional groups attached to an aromatic ring is 1. The molecule has 1 heterocycles. The van der Waals surface area contributed by atoms with Crippen molar-refractivity contribution in [1.29, 1.82) is 0 Å². The molecule has 0 bridgehead atoms. The summed E-state index contributed by atoms with van der Waals surface area (Å²) in [6.45, 7) is 2.82. The largest absolute Gasteiger partial charge is 0.342 e. The maximum absolute atomic E-state index is 12.2. The molecule has 0 unspecified atom stereocenters. The Morgan fingerprint density at radius 1 is 1.65 bits per heavy atom. The first-order valence-corrected chi connectivity index (χ1v) is 6.27. The molecule has 0 atom stereocenters. The highest BCUT2D eigenvalue weighted by atomic mass is 79.9. The molecule has 1 amide bonds. The Hall–Kier alpha value is -1.14. The van der Waals surface area contributed by atoms with Gasteiger partial charge in [0.15, 0.2) is 5.82 Å². The molecule has 0 spiro atoms. The normalized spacial score (nSPS) is 10.1. The average molecular weight is 301 g/mol. The molecule has 0 aromatic carbocycles. The Morgan fingerprint density at radius 2 is 2.35 bits per heavy atom. The lowest BCUT2D eigenvalue weighted by atomic mass is 10.2. The topological polar surface area (TPSA) is 71.2 Å². The maximum atomic E-state index is 12.2. The Balaban J connectivity index is 2.90. The van der Waals surface area contributed by atoms with E-state index in [0.717, 1.165) is 23.9 Å². The smallest absolute Gasteiger partial charge is 0.257 e. The van der Waals surface area contributed by atoms with E-state index in [-0.39, 0.29) is 5.91 Å². The number of aromatic nitrogens is 1. The van der Waals surface area contributed by atoms with Crippen molar-refractivity contribution < 1.29 is 4.79 Å². The molecule has 17 heavy (non-hydrogen) atoms. The quantitative estimate of drug-likeness (QED) is 0.644. The molecule has 0 radical (unpaired) electrons. The first-order valence-electron chi connectivity index (χ1n) is 5.47. The van der Waals surface area contributed by atoms with Crippen LogP contribution in [0.15, 0.2) is 16.7 Å². The van der Waals surface area contributed by atoms with E-state index in [1.54, 1.807) is 24.2 Å². The molecular weight excluding hydrogens is 284 g/mol. The van der Waals surface area contributed by atoms with Crippen molar-refractivity contribution in [2.75, 3.05) is 19.0 Å². The highest BCUT2D eigenvalue weighted by Crippen LogP contribution is 2.18. The lowest BCUT2D eigenvalue weighted by Crippen LogP contribution is -2.29. The fourth-order valence-corrected chi connectivity index (χ4v) is 1.75. The summed E-state index contributed by atoms with van der Waals surface area (Å²) in [6, 6.07) is 1.72. The number of rotatable bonds is 5. The van der Waals surface area contributed by atoms with Crippen LogP contribution in [0.1, 0.15) is 30.1 Å². The minimum atomic E-state index is -0.0831. The van der Waals surface area contributed by atoms with Crippen molar-refractivity contribution in [3.05, 3.63) is 22.3 Å². The summed E-state index contributed by atoms with van der Waals surface area (Å²) in [5.41, 5.74) is 2.91. The van der Waals surface area contributed by atoms with E-state index >= 15 is 0 Å². The third kappa shape index (κ3) is 3.67. The summed E-state index contributed by atoms with van der Waals surface area (Å²) in [7, 11) is 1.78. The van der Waals surface area contributed by atoms with Gasteiger partial charge in [0.1, 0.15) is 0 Å². The van der Waals surface area contributed by atoms with Crippen molar-refractivity contribution in [3.63, 3.8) is 0 Å². The van der Waals surface area contributed by atoms with Gasteiger partial charge >= 0.3 is 0 Å². The zero-order valence-corrected chi connectivity index (χ0v) is 11.6. The van der Waals surface area contributed by atoms with Crippen LogP contribution in [0.2, 0.25) is 0 Å². The van der Waals surface area contributed by atoms with Crippen molar-refractivity contribution in [2.45, 2.75) is 19.8 Å². The lowest BCUT2D eigenvalue weighted by molar-refractivity contribution is 0.0794. The number of hydrogen-bond acceptors (Lipinski definition) is 4. The van der Waals surface area contributed by atoms with Crippen LogP contribution < -0.4 is 11.3 Å². The number of hydrogen-bond donors (Lipinski definition) is 2. The number of halogens is 1. The SMILES string of the molecule is CCCCN(C)C(=O)c1cc(Br)cnc1NN. The third-order valence-corrected chi connectivity index (χ3v) is 2.85. The van der Waals surface area contributed by atoms with Crippen LogP contribution in [0.5, 0.6) is 0 Å². The number of amides is 1. The molecule has 1 aromatic heterocycles. The second-order valence-electron chi connectivity index (χ2n) is 3.77. The fraction of sp³-hybridized carbons (Fsp3) is 0.455. The van der Waals surface area contributed by atoms with Gasteiger partial charge in [-0.25, -0.2) is 10.8 Å². The molecule has 0 aliphatic heterocycles. The van der Waals surface area contributed by atoms with Crippen molar-refractivity contribution >= 4 is 27.7 Å². The van der Waals surface area contributed by atoms with Crippen LogP contribution in [0.3, 0.4) is 0 Å². The summed E-state index contributed by atoms with van der Waals surface area (Å²) in [6.07, 6.45) is 3.63. The Labute approximate surface area is 109 Å². The van der Waals surface area contributed by atoms with Gasteiger partial charge < -0.3 is 10.3 Å². The fourth-order valence-electron chi connectivity index (χ4n) is 1.42. The van der Waals surface area contributed by atoms with Crippen molar-refractivity contribution in [3.8, 4) is 0 Å². The number of hydrazine groups is 1. The zero-order chi connectivity index (χ0) is 12.8. The van der Waals surface area contributed by atoms with Crippen LogP contribution in [-0.2, 0) is 0 Å². The second-order valence-corrected chi connectivity index (χ2v) is 4.69. The molecule has 0 saturated heterocycles.